The van der Waals surface area contributed by atoms with Crippen LogP contribution in [-0.4, -0.2) is 44.6 Å². The molecule has 11 heteroatoms. The van der Waals surface area contributed by atoms with Crippen molar-refractivity contribution in [2.75, 3.05) is 5.75 Å². The molecule has 1 aromatic carbocycles. The number of thioether (sulfide) groups is 1. The molecule has 0 bridgehead atoms. The molecule has 10 nitrogen and oxygen atoms in total. The molecule has 0 N–H and O–H groups in total. The lowest BCUT2D eigenvalue weighted by atomic mass is 10.1. The summed E-state index contributed by atoms with van der Waals surface area (Å²) in [5, 5.41) is 12.8. The van der Waals surface area contributed by atoms with Gasteiger partial charge in [0.15, 0.2) is 11.2 Å². The lowest BCUT2D eigenvalue weighted by Gasteiger charge is -2.11. The number of benzene rings is 1. The highest BCUT2D eigenvalue weighted by Crippen LogP contribution is 2.23. The molecule has 0 radical (unpaired) electrons. The van der Waals surface area contributed by atoms with Crippen molar-refractivity contribution in [3.05, 3.63) is 56.5 Å². The molecule has 3 aromatic heterocycles. The topological polar surface area (TPSA) is 105 Å². The maximum absolute atomic E-state index is 12.8. The summed E-state index contributed by atoms with van der Waals surface area (Å²) in [6.07, 6.45) is 2.15. The molecule has 0 aliphatic heterocycles. The first-order chi connectivity index (χ1) is 14.4. The summed E-state index contributed by atoms with van der Waals surface area (Å²) in [7, 11) is 3.37. The zero-order chi connectivity index (χ0) is 21.4. The number of tetrazole rings is 1. The third-order valence-electron chi connectivity index (χ3n) is 5.05. The Balaban J connectivity index is 1.52. The van der Waals surface area contributed by atoms with Gasteiger partial charge in [-0.1, -0.05) is 30.0 Å². The SMILES string of the molecule is Cc1cccc(C)c1-n1nnnc1SCCCn1c(=O)c2c(ncn2C)n(C)c1=O. The number of rotatable bonds is 6. The molecular formula is C19H22N8O2S. The van der Waals surface area contributed by atoms with Crippen LogP contribution in [0.1, 0.15) is 17.5 Å². The first-order valence-electron chi connectivity index (χ1n) is 9.48. The number of para-hydroxylation sites is 1. The van der Waals surface area contributed by atoms with Crippen molar-refractivity contribution in [2.24, 2.45) is 14.1 Å². The second-order valence-corrected chi connectivity index (χ2v) is 8.20. The zero-order valence-corrected chi connectivity index (χ0v) is 18.0. The van der Waals surface area contributed by atoms with Gasteiger partial charge in [0.2, 0.25) is 5.16 Å². The maximum Gasteiger partial charge on any atom is 0.332 e. The fourth-order valence-corrected chi connectivity index (χ4v) is 4.33. The van der Waals surface area contributed by atoms with E-state index in [0.717, 1.165) is 16.8 Å². The second-order valence-electron chi connectivity index (χ2n) is 7.14. The van der Waals surface area contributed by atoms with Crippen molar-refractivity contribution >= 4 is 22.9 Å². The third kappa shape index (κ3) is 3.34. The molecule has 4 aromatic rings. The molecule has 0 spiro atoms. The fourth-order valence-electron chi connectivity index (χ4n) is 3.53. The molecule has 3 heterocycles. The van der Waals surface area contributed by atoms with Gasteiger partial charge < -0.3 is 4.57 Å². The van der Waals surface area contributed by atoms with Gasteiger partial charge in [0.05, 0.1) is 12.0 Å². The molecule has 0 unspecified atom stereocenters. The Morgan fingerprint density at radius 3 is 2.57 bits per heavy atom. The summed E-state index contributed by atoms with van der Waals surface area (Å²) >= 11 is 1.49. The third-order valence-corrected chi connectivity index (χ3v) is 6.06. The summed E-state index contributed by atoms with van der Waals surface area (Å²) in [6.45, 7) is 4.36. The molecule has 0 atom stereocenters. The van der Waals surface area contributed by atoms with E-state index in [0.29, 0.717) is 35.0 Å². The normalized spacial score (nSPS) is 11.5. The average Bonchev–Trinajstić information content (AvgIpc) is 3.32. The van der Waals surface area contributed by atoms with E-state index in [1.807, 2.05) is 32.0 Å². The number of imidazole rings is 1. The zero-order valence-electron chi connectivity index (χ0n) is 17.2. The van der Waals surface area contributed by atoms with Crippen molar-refractivity contribution in [1.29, 1.82) is 0 Å². The Bertz CT molecular complexity index is 1330. The predicted molar refractivity (Wildman–Crippen MR) is 114 cm³/mol. The highest BCUT2D eigenvalue weighted by Gasteiger charge is 2.16. The minimum atomic E-state index is -0.364. The first-order valence-corrected chi connectivity index (χ1v) is 10.5. The predicted octanol–water partition coefficient (Wildman–Crippen LogP) is 1.21. The molecule has 0 aliphatic rings. The van der Waals surface area contributed by atoms with Crippen LogP contribution in [0, 0.1) is 13.8 Å². The second kappa shape index (κ2) is 7.90. The smallest absolute Gasteiger partial charge is 0.328 e. The average molecular weight is 427 g/mol. The molecule has 0 fully saturated rings. The van der Waals surface area contributed by atoms with Gasteiger partial charge in [-0.3, -0.25) is 13.9 Å². The van der Waals surface area contributed by atoms with E-state index in [9.17, 15) is 9.59 Å². The molecule has 0 saturated heterocycles. The number of aryl methyl sites for hydroxylation is 4. The quantitative estimate of drug-likeness (QED) is 0.337. The molecule has 0 aliphatic carbocycles. The lowest BCUT2D eigenvalue weighted by Crippen LogP contribution is -2.39. The lowest BCUT2D eigenvalue weighted by molar-refractivity contribution is 0.594. The minimum absolute atomic E-state index is 0.310. The van der Waals surface area contributed by atoms with Gasteiger partial charge in [0, 0.05) is 26.4 Å². The van der Waals surface area contributed by atoms with Crippen molar-refractivity contribution in [3.63, 3.8) is 0 Å². The Kier molecular flexibility index (Phi) is 5.29. The minimum Gasteiger partial charge on any atom is -0.328 e. The number of hydrogen-bond donors (Lipinski definition) is 0. The van der Waals surface area contributed by atoms with Gasteiger partial charge in [0.25, 0.3) is 5.56 Å². The molecule has 0 amide bonds. The maximum atomic E-state index is 12.8. The van der Waals surface area contributed by atoms with Gasteiger partial charge in [-0.15, -0.1) is 5.10 Å². The van der Waals surface area contributed by atoms with Gasteiger partial charge in [-0.05, 0) is 41.8 Å². The van der Waals surface area contributed by atoms with Crippen molar-refractivity contribution in [2.45, 2.75) is 32.0 Å². The van der Waals surface area contributed by atoms with Crippen LogP contribution < -0.4 is 11.2 Å². The summed E-state index contributed by atoms with van der Waals surface area (Å²) in [5.41, 5.74) is 3.27. The Hall–Kier alpha value is -3.21. The van der Waals surface area contributed by atoms with Crippen molar-refractivity contribution < 1.29 is 0 Å². The summed E-state index contributed by atoms with van der Waals surface area (Å²) in [5.74, 6) is 0.657. The van der Waals surface area contributed by atoms with Crippen LogP contribution >= 0.6 is 11.8 Å². The van der Waals surface area contributed by atoms with Crippen molar-refractivity contribution in [3.8, 4) is 5.69 Å². The fraction of sp³-hybridized carbons (Fsp3) is 0.368. The van der Waals surface area contributed by atoms with Gasteiger partial charge in [-0.2, -0.15) is 4.68 Å². The molecule has 156 valence electrons. The van der Waals surface area contributed by atoms with Crippen LogP contribution in [0.3, 0.4) is 0 Å². The molecular weight excluding hydrogens is 404 g/mol. The summed E-state index contributed by atoms with van der Waals surface area (Å²) in [6, 6.07) is 6.05. The highest BCUT2D eigenvalue weighted by atomic mass is 32.2. The summed E-state index contributed by atoms with van der Waals surface area (Å²) < 4.78 is 6.05. The van der Waals surface area contributed by atoms with E-state index < -0.39 is 0 Å². The van der Waals surface area contributed by atoms with Crippen LogP contribution in [0.4, 0.5) is 0 Å². The van der Waals surface area contributed by atoms with E-state index in [2.05, 4.69) is 20.5 Å². The Morgan fingerprint density at radius 1 is 1.10 bits per heavy atom. The van der Waals surface area contributed by atoms with Gasteiger partial charge in [-0.25, -0.2) is 9.78 Å². The Morgan fingerprint density at radius 2 is 1.83 bits per heavy atom. The highest BCUT2D eigenvalue weighted by molar-refractivity contribution is 7.99. The van der Waals surface area contributed by atoms with E-state index in [4.69, 9.17) is 0 Å². The first kappa shape index (κ1) is 20.1. The van der Waals surface area contributed by atoms with E-state index in [1.165, 1.54) is 20.9 Å². The number of hydrogen-bond acceptors (Lipinski definition) is 7. The van der Waals surface area contributed by atoms with Gasteiger partial charge >= 0.3 is 5.69 Å². The van der Waals surface area contributed by atoms with E-state index >= 15 is 0 Å². The Labute approximate surface area is 176 Å². The number of fused-ring (bicyclic) bond motifs is 1. The molecule has 4 rings (SSSR count). The van der Waals surface area contributed by atoms with Crippen molar-refractivity contribution in [1.82, 2.24) is 38.9 Å². The van der Waals surface area contributed by atoms with Crippen LogP contribution in [0.5, 0.6) is 0 Å². The van der Waals surface area contributed by atoms with Crippen LogP contribution in [-0.2, 0) is 20.6 Å². The number of nitrogens with zero attached hydrogens (tertiary/aromatic N) is 8. The summed E-state index contributed by atoms with van der Waals surface area (Å²) in [4.78, 5) is 29.5. The van der Waals surface area contributed by atoms with E-state index in [1.54, 1.807) is 29.7 Å². The van der Waals surface area contributed by atoms with Crippen LogP contribution in [0.15, 0.2) is 39.3 Å². The van der Waals surface area contributed by atoms with Gasteiger partial charge in [0.1, 0.15) is 0 Å². The molecule has 0 saturated carbocycles. The van der Waals surface area contributed by atoms with Crippen LogP contribution in [0.2, 0.25) is 0 Å². The molecule has 30 heavy (non-hydrogen) atoms. The van der Waals surface area contributed by atoms with E-state index in [-0.39, 0.29) is 11.2 Å². The number of aromatic nitrogens is 8. The monoisotopic (exact) mass is 426 g/mol. The largest absolute Gasteiger partial charge is 0.332 e. The van der Waals surface area contributed by atoms with Crippen LogP contribution in [0.25, 0.3) is 16.9 Å². The standard InChI is InChI=1S/C19H22N8O2S/c1-12-7-5-8-13(2)14(12)27-18(21-22-23-27)30-10-6-9-26-17(28)15-16(20-11-24(15)3)25(4)19(26)29/h5,7-8,11H,6,9-10H2,1-4H3.